The molecule has 0 aliphatic heterocycles. The lowest BCUT2D eigenvalue weighted by molar-refractivity contribution is 0.311. The van der Waals surface area contributed by atoms with Gasteiger partial charge in [-0.15, -0.1) is 0 Å². The molecular weight excluding hydrogens is 203 g/mol. The van der Waals surface area contributed by atoms with Crippen LogP contribution in [0.25, 0.3) is 0 Å². The fourth-order valence-electron chi connectivity index (χ4n) is 1.79. The average molecular weight is 215 g/mol. The highest BCUT2D eigenvalue weighted by Gasteiger charge is 2.30. The van der Waals surface area contributed by atoms with Crippen LogP contribution in [-0.2, 0) is 9.05 Å². The molecule has 0 N–H and O–H groups in total. The number of hydrogen-bond acceptors (Lipinski definition) is 2. The molecule has 0 aromatic heterocycles. The lowest BCUT2D eigenvalue weighted by Gasteiger charge is -2.13. The van der Waals surface area contributed by atoms with E-state index in [0.29, 0.717) is 0 Å². The number of hydrogen-bond donors (Lipinski definition) is 0. The molecule has 0 saturated heterocycles. The average Bonchev–Trinajstić information content (AvgIpc) is 2.31. The Hall–Kier alpha value is 0.170. The van der Waals surface area contributed by atoms with E-state index in [1.807, 2.05) is 0 Å². The van der Waals surface area contributed by atoms with Crippen molar-refractivity contribution in [3.63, 3.8) is 0 Å². The van der Waals surface area contributed by atoms with E-state index in [2.05, 4.69) is 0 Å². The summed E-state index contributed by atoms with van der Waals surface area (Å²) in [6, 6.07) is 0. The predicted molar refractivity (Wildman–Crippen MR) is 46.4 cm³/mol. The van der Waals surface area contributed by atoms with Gasteiger partial charge in [-0.05, 0) is 24.7 Å². The molecule has 1 aliphatic rings. The third kappa shape index (κ3) is 2.90. The minimum absolute atomic E-state index is 0.0579. The van der Waals surface area contributed by atoms with E-state index < -0.39 is 15.7 Å². The van der Waals surface area contributed by atoms with Crippen molar-refractivity contribution < 1.29 is 12.8 Å². The molecule has 1 rings (SSSR count). The van der Waals surface area contributed by atoms with Crippen molar-refractivity contribution >= 4 is 19.7 Å². The van der Waals surface area contributed by atoms with Crippen LogP contribution in [0.2, 0.25) is 0 Å². The first-order chi connectivity index (χ1) is 5.53. The van der Waals surface area contributed by atoms with Crippen molar-refractivity contribution in [2.75, 3.05) is 12.4 Å². The topological polar surface area (TPSA) is 34.1 Å². The highest BCUT2D eigenvalue weighted by atomic mass is 35.7. The van der Waals surface area contributed by atoms with Crippen molar-refractivity contribution in [2.45, 2.75) is 19.3 Å². The zero-order valence-corrected chi connectivity index (χ0v) is 8.24. The third-order valence-electron chi connectivity index (χ3n) is 2.43. The maximum atomic E-state index is 12.3. The van der Waals surface area contributed by atoms with Gasteiger partial charge in [0, 0.05) is 10.7 Å². The molecule has 2 nitrogen and oxygen atoms in total. The lowest BCUT2D eigenvalue weighted by Crippen LogP contribution is -2.17. The Morgan fingerprint density at radius 3 is 2.42 bits per heavy atom. The van der Waals surface area contributed by atoms with Crippen molar-refractivity contribution in [3.8, 4) is 0 Å². The summed E-state index contributed by atoms with van der Waals surface area (Å²) in [5, 5.41) is 0. The number of rotatable bonds is 3. The lowest BCUT2D eigenvalue weighted by atomic mass is 10.00. The van der Waals surface area contributed by atoms with Gasteiger partial charge in [0.15, 0.2) is 0 Å². The molecular formula is C7H12ClFO2S. The minimum Gasteiger partial charge on any atom is -0.251 e. The van der Waals surface area contributed by atoms with Crippen LogP contribution in [0.3, 0.4) is 0 Å². The summed E-state index contributed by atoms with van der Waals surface area (Å²) in [6.07, 6.45) is 2.51. The molecule has 1 saturated carbocycles. The Balaban J connectivity index is 2.52. The van der Waals surface area contributed by atoms with Gasteiger partial charge < -0.3 is 0 Å². The van der Waals surface area contributed by atoms with Crippen LogP contribution in [0.1, 0.15) is 19.3 Å². The van der Waals surface area contributed by atoms with Crippen molar-refractivity contribution in [3.05, 3.63) is 0 Å². The van der Waals surface area contributed by atoms with Crippen LogP contribution in [0.4, 0.5) is 4.39 Å². The maximum absolute atomic E-state index is 12.3. The van der Waals surface area contributed by atoms with Gasteiger partial charge >= 0.3 is 0 Å². The van der Waals surface area contributed by atoms with E-state index in [9.17, 15) is 12.8 Å². The smallest absolute Gasteiger partial charge is 0.232 e. The molecule has 0 radical (unpaired) electrons. The quantitative estimate of drug-likeness (QED) is 0.673. The molecule has 0 heterocycles. The molecule has 1 aliphatic carbocycles. The van der Waals surface area contributed by atoms with Crippen molar-refractivity contribution in [1.29, 1.82) is 0 Å². The van der Waals surface area contributed by atoms with E-state index in [1.165, 1.54) is 0 Å². The fourth-order valence-corrected chi connectivity index (χ4v) is 3.23. The Morgan fingerprint density at radius 1 is 1.33 bits per heavy atom. The van der Waals surface area contributed by atoms with Crippen molar-refractivity contribution in [1.82, 2.24) is 0 Å². The van der Waals surface area contributed by atoms with Gasteiger partial charge in [-0.1, -0.05) is 6.42 Å². The second-order valence-corrected chi connectivity index (χ2v) is 6.13. The summed E-state index contributed by atoms with van der Waals surface area (Å²) >= 11 is 0. The standard InChI is InChI=1S/C7H12ClFO2S/c8-12(10,11)5-7-3-1-2-6(7)4-9/h6-7H,1-5H2. The summed E-state index contributed by atoms with van der Waals surface area (Å²) in [4.78, 5) is 0. The normalized spacial score (nSPS) is 30.8. The van der Waals surface area contributed by atoms with Gasteiger partial charge in [0.2, 0.25) is 9.05 Å². The number of halogens is 2. The van der Waals surface area contributed by atoms with Gasteiger partial charge in [-0.2, -0.15) is 0 Å². The van der Waals surface area contributed by atoms with E-state index in [-0.39, 0.29) is 17.6 Å². The molecule has 5 heteroatoms. The summed E-state index contributed by atoms with van der Waals surface area (Å²) in [6.45, 7) is -0.420. The first kappa shape index (κ1) is 10.3. The van der Waals surface area contributed by atoms with E-state index in [0.717, 1.165) is 19.3 Å². The summed E-state index contributed by atoms with van der Waals surface area (Å²) in [5.74, 6) is -0.209. The van der Waals surface area contributed by atoms with Crippen LogP contribution >= 0.6 is 10.7 Å². The van der Waals surface area contributed by atoms with Crippen LogP contribution < -0.4 is 0 Å². The Kier molecular flexibility index (Phi) is 3.35. The summed E-state index contributed by atoms with van der Waals surface area (Å²) < 4.78 is 33.7. The first-order valence-electron chi connectivity index (χ1n) is 4.01. The van der Waals surface area contributed by atoms with Gasteiger partial charge in [-0.3, -0.25) is 4.39 Å². The highest BCUT2D eigenvalue weighted by Crippen LogP contribution is 2.33. The Bertz CT molecular complexity index is 240. The van der Waals surface area contributed by atoms with Crippen LogP contribution in [0.5, 0.6) is 0 Å². The van der Waals surface area contributed by atoms with Gasteiger partial charge in [0.1, 0.15) is 0 Å². The molecule has 0 spiro atoms. The largest absolute Gasteiger partial charge is 0.251 e. The monoisotopic (exact) mass is 214 g/mol. The van der Waals surface area contributed by atoms with Crippen LogP contribution in [0.15, 0.2) is 0 Å². The van der Waals surface area contributed by atoms with Crippen molar-refractivity contribution in [2.24, 2.45) is 11.8 Å². The zero-order valence-electron chi connectivity index (χ0n) is 6.67. The maximum Gasteiger partial charge on any atom is 0.232 e. The van der Waals surface area contributed by atoms with Crippen LogP contribution in [-0.4, -0.2) is 20.8 Å². The Labute approximate surface area is 76.5 Å². The molecule has 12 heavy (non-hydrogen) atoms. The predicted octanol–water partition coefficient (Wildman–Crippen LogP) is 1.94. The second-order valence-electron chi connectivity index (χ2n) is 3.31. The molecule has 72 valence electrons. The van der Waals surface area contributed by atoms with E-state index >= 15 is 0 Å². The fraction of sp³-hybridized carbons (Fsp3) is 1.00. The van der Waals surface area contributed by atoms with Gasteiger partial charge in [0.25, 0.3) is 0 Å². The molecule has 2 atom stereocenters. The van der Waals surface area contributed by atoms with Gasteiger partial charge in [0.05, 0.1) is 12.4 Å². The first-order valence-corrected chi connectivity index (χ1v) is 6.49. The number of alkyl halides is 1. The van der Waals surface area contributed by atoms with Gasteiger partial charge in [-0.25, -0.2) is 8.42 Å². The molecule has 0 amide bonds. The SMILES string of the molecule is O=S(=O)(Cl)CC1CCCC1CF. The summed E-state index contributed by atoms with van der Waals surface area (Å²) in [5.41, 5.74) is 0. The third-order valence-corrected chi connectivity index (χ3v) is 3.63. The van der Waals surface area contributed by atoms with Crippen LogP contribution in [0, 0.1) is 11.8 Å². The molecule has 0 aromatic carbocycles. The Morgan fingerprint density at radius 2 is 1.92 bits per heavy atom. The molecule has 0 aromatic rings. The summed E-state index contributed by atoms with van der Waals surface area (Å²) in [7, 11) is 1.64. The molecule has 2 unspecified atom stereocenters. The molecule has 0 bridgehead atoms. The highest BCUT2D eigenvalue weighted by molar-refractivity contribution is 8.13. The van der Waals surface area contributed by atoms with E-state index in [4.69, 9.17) is 10.7 Å². The van der Waals surface area contributed by atoms with E-state index in [1.54, 1.807) is 0 Å². The zero-order chi connectivity index (χ0) is 9.19. The molecule has 1 fully saturated rings. The minimum atomic E-state index is -3.45. The second kappa shape index (κ2) is 3.92.